The molecule has 1 atom stereocenters. The second-order valence-electron chi connectivity index (χ2n) is 4.56. The summed E-state index contributed by atoms with van der Waals surface area (Å²) in [6.45, 7) is 2.04. The summed E-state index contributed by atoms with van der Waals surface area (Å²) in [5.41, 5.74) is 2.74. The van der Waals surface area contributed by atoms with Gasteiger partial charge in [0.25, 0.3) is 0 Å². The Hall–Kier alpha value is -2.01. The molecule has 1 unspecified atom stereocenters. The predicted octanol–water partition coefficient (Wildman–Crippen LogP) is 3.14. The van der Waals surface area contributed by atoms with Crippen LogP contribution in [0.15, 0.2) is 47.6 Å². The van der Waals surface area contributed by atoms with Crippen LogP contribution in [0.5, 0.6) is 0 Å². The first-order valence-electron chi connectivity index (χ1n) is 6.56. The summed E-state index contributed by atoms with van der Waals surface area (Å²) in [5.74, 6) is 1.47. The molecule has 0 aliphatic carbocycles. The molecule has 4 nitrogen and oxygen atoms in total. The maximum atomic E-state index is 12.1. The van der Waals surface area contributed by atoms with E-state index in [2.05, 4.69) is 15.0 Å². The highest BCUT2D eigenvalue weighted by Gasteiger charge is 2.08. The summed E-state index contributed by atoms with van der Waals surface area (Å²) >= 11 is 0. The Labute approximate surface area is 119 Å². The van der Waals surface area contributed by atoms with Crippen LogP contribution in [0.3, 0.4) is 0 Å². The maximum absolute atomic E-state index is 12.1. The predicted molar refractivity (Wildman–Crippen MR) is 80.9 cm³/mol. The summed E-state index contributed by atoms with van der Waals surface area (Å²) in [5, 5.41) is 0. The molecule has 0 aliphatic heterocycles. The van der Waals surface area contributed by atoms with Crippen LogP contribution in [0.2, 0.25) is 0 Å². The van der Waals surface area contributed by atoms with Crippen LogP contribution in [-0.2, 0) is 10.8 Å². The minimum absolute atomic E-state index is 0.688. The Kier molecular flexibility index (Phi) is 3.60. The van der Waals surface area contributed by atoms with E-state index < -0.39 is 10.8 Å². The van der Waals surface area contributed by atoms with Gasteiger partial charge in [-0.15, -0.1) is 0 Å². The van der Waals surface area contributed by atoms with Gasteiger partial charge in [0.2, 0.25) is 0 Å². The van der Waals surface area contributed by atoms with Gasteiger partial charge in [0.1, 0.15) is 5.82 Å². The van der Waals surface area contributed by atoms with Crippen molar-refractivity contribution in [3.63, 3.8) is 0 Å². The van der Waals surface area contributed by atoms with E-state index in [1.165, 1.54) is 0 Å². The van der Waals surface area contributed by atoms with Gasteiger partial charge in [0.05, 0.1) is 28.0 Å². The molecule has 0 amide bonds. The lowest BCUT2D eigenvalue weighted by Crippen LogP contribution is -1.96. The lowest BCUT2D eigenvalue weighted by atomic mass is 10.2. The summed E-state index contributed by atoms with van der Waals surface area (Å²) in [6, 6.07) is 9.60. The SMILES string of the molecule is CCCS(=O)c1cccc(-c2nc3ccncc3[nH]2)c1. The van der Waals surface area contributed by atoms with Crippen molar-refractivity contribution in [2.45, 2.75) is 18.2 Å². The minimum Gasteiger partial charge on any atom is -0.337 e. The molecule has 0 saturated carbocycles. The standard InChI is InChI=1S/C15H15N3OS/c1-2-8-20(19)12-5-3-4-11(9-12)15-17-13-6-7-16-10-14(13)18-15/h3-7,9-10H,2,8H2,1H3,(H,17,18). The Balaban J connectivity index is 2.01. The Bertz CT molecular complexity index is 733. The van der Waals surface area contributed by atoms with Crippen molar-refractivity contribution in [3.8, 4) is 11.4 Å². The van der Waals surface area contributed by atoms with Gasteiger partial charge in [-0.1, -0.05) is 19.1 Å². The molecule has 2 aromatic heterocycles. The van der Waals surface area contributed by atoms with Gasteiger partial charge in [-0.25, -0.2) is 4.98 Å². The number of aromatic nitrogens is 3. The van der Waals surface area contributed by atoms with E-state index in [1.807, 2.05) is 37.3 Å². The number of fused-ring (bicyclic) bond motifs is 1. The lowest BCUT2D eigenvalue weighted by molar-refractivity contribution is 0.682. The fourth-order valence-electron chi connectivity index (χ4n) is 2.08. The maximum Gasteiger partial charge on any atom is 0.138 e. The number of imidazole rings is 1. The molecule has 0 saturated heterocycles. The van der Waals surface area contributed by atoms with Crippen molar-refractivity contribution in [2.24, 2.45) is 0 Å². The van der Waals surface area contributed by atoms with Crippen LogP contribution in [0.25, 0.3) is 22.4 Å². The van der Waals surface area contributed by atoms with Gasteiger partial charge in [-0.2, -0.15) is 0 Å². The van der Waals surface area contributed by atoms with Crippen molar-refractivity contribution >= 4 is 21.8 Å². The zero-order valence-electron chi connectivity index (χ0n) is 11.2. The van der Waals surface area contributed by atoms with Crippen molar-refractivity contribution in [1.29, 1.82) is 0 Å². The number of H-pyrrole nitrogens is 1. The number of nitrogens with one attached hydrogen (secondary N) is 1. The molecule has 2 heterocycles. The number of hydrogen-bond donors (Lipinski definition) is 1. The smallest absolute Gasteiger partial charge is 0.138 e. The summed E-state index contributed by atoms with van der Waals surface area (Å²) in [6.07, 6.45) is 4.39. The zero-order valence-corrected chi connectivity index (χ0v) is 12.0. The highest BCUT2D eigenvalue weighted by molar-refractivity contribution is 7.85. The number of hydrogen-bond acceptors (Lipinski definition) is 3. The fourth-order valence-corrected chi connectivity index (χ4v) is 3.18. The van der Waals surface area contributed by atoms with Crippen LogP contribution >= 0.6 is 0 Å². The summed E-state index contributed by atoms with van der Waals surface area (Å²) < 4.78 is 12.1. The van der Waals surface area contributed by atoms with Crippen LogP contribution < -0.4 is 0 Å². The average molecular weight is 285 g/mol. The molecule has 0 aliphatic rings. The Morgan fingerprint density at radius 1 is 1.30 bits per heavy atom. The number of aromatic amines is 1. The molecule has 0 radical (unpaired) electrons. The number of nitrogens with zero attached hydrogens (tertiary/aromatic N) is 2. The van der Waals surface area contributed by atoms with Gasteiger partial charge < -0.3 is 4.98 Å². The fraction of sp³-hybridized carbons (Fsp3) is 0.200. The van der Waals surface area contributed by atoms with Crippen LogP contribution in [0, 0.1) is 0 Å². The molecule has 0 fully saturated rings. The monoisotopic (exact) mass is 285 g/mol. The Morgan fingerprint density at radius 2 is 2.20 bits per heavy atom. The van der Waals surface area contributed by atoms with Gasteiger partial charge in [-0.3, -0.25) is 9.19 Å². The van der Waals surface area contributed by atoms with Gasteiger partial charge in [-0.05, 0) is 24.6 Å². The zero-order chi connectivity index (χ0) is 13.9. The number of pyridine rings is 1. The van der Waals surface area contributed by atoms with Crippen LogP contribution in [0.4, 0.5) is 0 Å². The van der Waals surface area contributed by atoms with E-state index in [0.717, 1.165) is 33.7 Å². The molecule has 1 N–H and O–H groups in total. The van der Waals surface area contributed by atoms with Crippen molar-refractivity contribution in [3.05, 3.63) is 42.7 Å². The third-order valence-electron chi connectivity index (χ3n) is 3.04. The van der Waals surface area contributed by atoms with Crippen LogP contribution in [-0.4, -0.2) is 24.9 Å². The molecule has 3 rings (SSSR count). The number of benzene rings is 1. The molecular weight excluding hydrogens is 270 g/mol. The van der Waals surface area contributed by atoms with E-state index in [-0.39, 0.29) is 0 Å². The van der Waals surface area contributed by atoms with E-state index in [1.54, 1.807) is 12.4 Å². The third kappa shape index (κ3) is 2.49. The lowest BCUT2D eigenvalue weighted by Gasteiger charge is -2.02. The molecule has 20 heavy (non-hydrogen) atoms. The van der Waals surface area contributed by atoms with E-state index in [4.69, 9.17) is 0 Å². The van der Waals surface area contributed by atoms with Gasteiger partial charge in [0, 0.05) is 22.4 Å². The third-order valence-corrected chi connectivity index (χ3v) is 4.60. The molecule has 0 bridgehead atoms. The molecule has 3 aromatic rings. The molecule has 1 aromatic carbocycles. The summed E-state index contributed by atoms with van der Waals surface area (Å²) in [7, 11) is -0.939. The van der Waals surface area contributed by atoms with E-state index in [9.17, 15) is 4.21 Å². The number of rotatable bonds is 4. The normalized spacial score (nSPS) is 12.7. The second-order valence-corrected chi connectivity index (χ2v) is 6.13. The van der Waals surface area contributed by atoms with E-state index >= 15 is 0 Å². The quantitative estimate of drug-likeness (QED) is 0.801. The van der Waals surface area contributed by atoms with Gasteiger partial charge >= 0.3 is 0 Å². The highest BCUT2D eigenvalue weighted by Crippen LogP contribution is 2.22. The van der Waals surface area contributed by atoms with Gasteiger partial charge in [0.15, 0.2) is 0 Å². The Morgan fingerprint density at radius 3 is 3.00 bits per heavy atom. The second kappa shape index (κ2) is 5.54. The van der Waals surface area contributed by atoms with E-state index in [0.29, 0.717) is 5.75 Å². The molecule has 102 valence electrons. The van der Waals surface area contributed by atoms with Crippen molar-refractivity contribution < 1.29 is 4.21 Å². The van der Waals surface area contributed by atoms with Crippen molar-refractivity contribution in [2.75, 3.05) is 5.75 Å². The first-order valence-corrected chi connectivity index (χ1v) is 7.88. The molecular formula is C15H15N3OS. The first kappa shape index (κ1) is 13.0. The topological polar surface area (TPSA) is 58.6 Å². The minimum atomic E-state index is -0.939. The largest absolute Gasteiger partial charge is 0.337 e. The molecule has 5 heteroatoms. The first-order chi connectivity index (χ1) is 9.78. The highest BCUT2D eigenvalue weighted by atomic mass is 32.2. The molecule has 0 spiro atoms. The van der Waals surface area contributed by atoms with Crippen LogP contribution in [0.1, 0.15) is 13.3 Å². The average Bonchev–Trinajstić information content (AvgIpc) is 2.91. The summed E-state index contributed by atoms with van der Waals surface area (Å²) in [4.78, 5) is 12.7. The van der Waals surface area contributed by atoms with Crippen molar-refractivity contribution in [1.82, 2.24) is 15.0 Å².